The number of hydrogen-bond acceptors (Lipinski definition) is 2. The van der Waals surface area contributed by atoms with Crippen LogP contribution in [-0.2, 0) is 0 Å². The van der Waals surface area contributed by atoms with E-state index in [2.05, 4.69) is 24.5 Å². The Morgan fingerprint density at radius 3 is 2.47 bits per heavy atom. The number of carbonyl (C=O) groups is 1. The Balaban J connectivity index is 1.84. The van der Waals surface area contributed by atoms with Crippen LogP contribution < -0.4 is 10.6 Å². The van der Waals surface area contributed by atoms with Crippen molar-refractivity contribution in [3.63, 3.8) is 0 Å². The van der Waals surface area contributed by atoms with Gasteiger partial charge in [-0.1, -0.05) is 19.3 Å². The van der Waals surface area contributed by atoms with Crippen molar-refractivity contribution in [1.29, 1.82) is 0 Å². The van der Waals surface area contributed by atoms with Crippen LogP contribution in [0.4, 0.5) is 4.79 Å². The molecule has 0 aromatic carbocycles. The number of rotatable bonds is 4. The Bertz CT molecular complexity index is 281. The molecule has 2 fully saturated rings. The highest BCUT2D eigenvalue weighted by molar-refractivity contribution is 5.74. The maximum absolute atomic E-state index is 12.4. The highest BCUT2D eigenvalue weighted by atomic mass is 16.2. The maximum Gasteiger partial charge on any atom is 0.317 e. The van der Waals surface area contributed by atoms with Crippen LogP contribution in [0.3, 0.4) is 0 Å². The molecule has 0 aromatic rings. The molecule has 19 heavy (non-hydrogen) atoms. The van der Waals surface area contributed by atoms with E-state index in [-0.39, 0.29) is 12.1 Å². The first-order valence-electron chi connectivity index (χ1n) is 7.97. The molecular formula is C15H29N3O. The first-order valence-corrected chi connectivity index (χ1v) is 7.97. The number of nitrogens with one attached hydrogen (secondary N) is 2. The Morgan fingerprint density at radius 2 is 1.89 bits per heavy atom. The summed E-state index contributed by atoms with van der Waals surface area (Å²) in [6.07, 6.45) is 8.58. The van der Waals surface area contributed by atoms with Gasteiger partial charge in [-0.3, -0.25) is 0 Å². The second-order valence-corrected chi connectivity index (χ2v) is 6.32. The van der Waals surface area contributed by atoms with E-state index in [1.165, 1.54) is 32.1 Å². The Morgan fingerprint density at radius 1 is 1.21 bits per heavy atom. The summed E-state index contributed by atoms with van der Waals surface area (Å²) in [6.45, 7) is 6.16. The highest BCUT2D eigenvalue weighted by Gasteiger charge is 2.25. The average Bonchev–Trinajstić information content (AvgIpc) is 2.89. The van der Waals surface area contributed by atoms with Crippen LogP contribution >= 0.6 is 0 Å². The molecule has 0 bridgehead atoms. The molecule has 2 N–H and O–H groups in total. The molecule has 1 saturated heterocycles. The van der Waals surface area contributed by atoms with Crippen molar-refractivity contribution in [3.8, 4) is 0 Å². The van der Waals surface area contributed by atoms with Gasteiger partial charge in [-0.05, 0) is 46.1 Å². The van der Waals surface area contributed by atoms with Gasteiger partial charge in [-0.25, -0.2) is 4.79 Å². The minimum atomic E-state index is 0.134. The fraction of sp³-hybridized carbons (Fsp3) is 0.933. The van der Waals surface area contributed by atoms with Crippen LogP contribution in [0.25, 0.3) is 0 Å². The van der Waals surface area contributed by atoms with Gasteiger partial charge >= 0.3 is 6.03 Å². The van der Waals surface area contributed by atoms with Crippen molar-refractivity contribution in [2.45, 2.75) is 76.9 Å². The zero-order valence-corrected chi connectivity index (χ0v) is 12.5. The number of nitrogens with zero attached hydrogens (tertiary/aromatic N) is 1. The van der Waals surface area contributed by atoms with Gasteiger partial charge in [0, 0.05) is 24.7 Å². The van der Waals surface area contributed by atoms with Crippen LogP contribution in [0.5, 0.6) is 0 Å². The Hall–Kier alpha value is -0.770. The lowest BCUT2D eigenvalue weighted by molar-refractivity contribution is 0.166. The van der Waals surface area contributed by atoms with Crippen molar-refractivity contribution in [2.75, 3.05) is 13.1 Å². The van der Waals surface area contributed by atoms with E-state index in [9.17, 15) is 4.79 Å². The van der Waals surface area contributed by atoms with E-state index in [0.717, 1.165) is 25.9 Å². The largest absolute Gasteiger partial charge is 0.335 e. The molecule has 1 unspecified atom stereocenters. The predicted octanol–water partition coefficient (Wildman–Crippen LogP) is 2.49. The summed E-state index contributed by atoms with van der Waals surface area (Å²) in [5.41, 5.74) is 0. The zero-order valence-electron chi connectivity index (χ0n) is 12.5. The molecule has 0 spiro atoms. The van der Waals surface area contributed by atoms with Crippen LogP contribution in [0.1, 0.15) is 58.8 Å². The van der Waals surface area contributed by atoms with Gasteiger partial charge in [0.15, 0.2) is 0 Å². The lowest BCUT2D eigenvalue weighted by Gasteiger charge is -2.34. The summed E-state index contributed by atoms with van der Waals surface area (Å²) < 4.78 is 0. The van der Waals surface area contributed by atoms with Crippen LogP contribution in [-0.4, -0.2) is 42.1 Å². The predicted molar refractivity (Wildman–Crippen MR) is 78.3 cm³/mol. The molecule has 1 aliphatic heterocycles. The number of amides is 2. The van der Waals surface area contributed by atoms with E-state index in [1.807, 2.05) is 4.90 Å². The molecule has 110 valence electrons. The van der Waals surface area contributed by atoms with E-state index in [1.54, 1.807) is 0 Å². The highest BCUT2D eigenvalue weighted by Crippen LogP contribution is 2.18. The Kier molecular flexibility index (Phi) is 5.49. The molecule has 4 heteroatoms. The first kappa shape index (κ1) is 14.6. The summed E-state index contributed by atoms with van der Waals surface area (Å²) in [4.78, 5) is 14.4. The quantitative estimate of drug-likeness (QED) is 0.822. The minimum absolute atomic E-state index is 0.134. The summed E-state index contributed by atoms with van der Waals surface area (Å²) in [5.74, 6) is 0. The van der Waals surface area contributed by atoms with Gasteiger partial charge in [0.25, 0.3) is 0 Å². The third-order valence-corrected chi connectivity index (χ3v) is 4.40. The number of hydrogen-bond donors (Lipinski definition) is 2. The summed E-state index contributed by atoms with van der Waals surface area (Å²) in [7, 11) is 0. The molecule has 1 saturated carbocycles. The van der Waals surface area contributed by atoms with Crippen LogP contribution in [0.2, 0.25) is 0 Å². The van der Waals surface area contributed by atoms with E-state index in [0.29, 0.717) is 12.1 Å². The van der Waals surface area contributed by atoms with Crippen molar-refractivity contribution in [1.82, 2.24) is 15.5 Å². The van der Waals surface area contributed by atoms with E-state index >= 15 is 0 Å². The van der Waals surface area contributed by atoms with Gasteiger partial charge in [0.1, 0.15) is 0 Å². The molecular weight excluding hydrogens is 238 g/mol. The van der Waals surface area contributed by atoms with Crippen molar-refractivity contribution in [3.05, 3.63) is 0 Å². The van der Waals surface area contributed by atoms with Crippen molar-refractivity contribution >= 4 is 6.03 Å². The van der Waals surface area contributed by atoms with E-state index in [4.69, 9.17) is 0 Å². The first-order chi connectivity index (χ1) is 9.16. The third kappa shape index (κ3) is 4.37. The lowest BCUT2D eigenvalue weighted by atomic mass is 10.0. The Labute approximate surface area is 117 Å². The number of piperidine rings is 1. The average molecular weight is 267 g/mol. The van der Waals surface area contributed by atoms with Crippen molar-refractivity contribution < 1.29 is 4.79 Å². The SMILES string of the molecule is CC(C)N(CC1CCCCN1)C(=O)NC1CCCC1. The standard InChI is InChI=1S/C15H29N3O/c1-12(2)18(11-14-9-5-6-10-16-14)15(19)17-13-7-3-4-8-13/h12-14,16H,3-11H2,1-2H3,(H,17,19). The molecule has 0 radical (unpaired) electrons. The fourth-order valence-corrected chi connectivity index (χ4v) is 3.17. The second kappa shape index (κ2) is 7.13. The summed E-state index contributed by atoms with van der Waals surface area (Å²) in [6, 6.07) is 1.29. The second-order valence-electron chi connectivity index (χ2n) is 6.32. The molecule has 1 heterocycles. The molecule has 1 aliphatic carbocycles. The lowest BCUT2D eigenvalue weighted by Crippen LogP contribution is -2.52. The van der Waals surface area contributed by atoms with Crippen molar-refractivity contribution in [2.24, 2.45) is 0 Å². The molecule has 1 atom stereocenters. The summed E-state index contributed by atoms with van der Waals surface area (Å²) in [5, 5.41) is 6.74. The molecule has 2 rings (SSSR count). The topological polar surface area (TPSA) is 44.4 Å². The number of urea groups is 1. The molecule has 4 nitrogen and oxygen atoms in total. The van der Waals surface area contributed by atoms with Gasteiger partial charge in [0.2, 0.25) is 0 Å². The fourth-order valence-electron chi connectivity index (χ4n) is 3.17. The minimum Gasteiger partial charge on any atom is -0.335 e. The normalized spacial score (nSPS) is 24.7. The van der Waals surface area contributed by atoms with Gasteiger partial charge < -0.3 is 15.5 Å². The van der Waals surface area contributed by atoms with Gasteiger partial charge in [-0.15, -0.1) is 0 Å². The van der Waals surface area contributed by atoms with Gasteiger partial charge in [0.05, 0.1) is 0 Å². The molecule has 2 aliphatic rings. The number of carbonyl (C=O) groups excluding carboxylic acids is 1. The maximum atomic E-state index is 12.4. The monoisotopic (exact) mass is 267 g/mol. The molecule has 2 amide bonds. The smallest absolute Gasteiger partial charge is 0.317 e. The zero-order chi connectivity index (χ0) is 13.7. The van der Waals surface area contributed by atoms with Crippen LogP contribution in [0, 0.1) is 0 Å². The van der Waals surface area contributed by atoms with E-state index < -0.39 is 0 Å². The third-order valence-electron chi connectivity index (χ3n) is 4.40. The van der Waals surface area contributed by atoms with Crippen LogP contribution in [0.15, 0.2) is 0 Å². The molecule has 0 aromatic heterocycles. The van der Waals surface area contributed by atoms with Gasteiger partial charge in [-0.2, -0.15) is 0 Å². The summed E-state index contributed by atoms with van der Waals surface area (Å²) >= 11 is 0.